The van der Waals surface area contributed by atoms with Crippen molar-refractivity contribution in [3.05, 3.63) is 73.9 Å². The zero-order valence-electron chi connectivity index (χ0n) is 20.1. The second-order valence-electron chi connectivity index (χ2n) is 9.41. The van der Waals surface area contributed by atoms with Gasteiger partial charge in [0.25, 0.3) is 5.56 Å². The Bertz CT molecular complexity index is 1640. The van der Waals surface area contributed by atoms with E-state index in [2.05, 4.69) is 35.5 Å². The van der Waals surface area contributed by atoms with E-state index < -0.39 is 21.3 Å². The van der Waals surface area contributed by atoms with Gasteiger partial charge in [-0.1, -0.05) is 32.9 Å². The third kappa shape index (κ3) is 5.24. The van der Waals surface area contributed by atoms with Crippen molar-refractivity contribution in [2.75, 3.05) is 13.4 Å². The second kappa shape index (κ2) is 9.10. The first-order chi connectivity index (χ1) is 16.4. The third-order valence-electron chi connectivity index (χ3n) is 5.72. The summed E-state index contributed by atoms with van der Waals surface area (Å²) in [6.07, 6.45) is 2.56. The number of benzene rings is 2. The molecule has 0 saturated carbocycles. The van der Waals surface area contributed by atoms with Gasteiger partial charge < -0.3 is 9.72 Å². The van der Waals surface area contributed by atoms with Crippen LogP contribution in [-0.2, 0) is 22.0 Å². The van der Waals surface area contributed by atoms with Gasteiger partial charge in [0, 0.05) is 28.6 Å². The van der Waals surface area contributed by atoms with Crippen LogP contribution in [0.3, 0.4) is 0 Å². The molecule has 10 heteroatoms. The van der Waals surface area contributed by atoms with E-state index in [0.717, 1.165) is 38.6 Å². The van der Waals surface area contributed by atoms with E-state index in [9.17, 15) is 18.0 Å². The minimum atomic E-state index is -3.30. The average molecular weight is 514 g/mol. The first kappa shape index (κ1) is 24.9. The average Bonchev–Trinajstić information content (AvgIpc) is 3.18. The molecule has 2 heterocycles. The van der Waals surface area contributed by atoms with Crippen molar-refractivity contribution in [1.29, 1.82) is 0 Å². The number of sulfonamides is 1. The van der Waals surface area contributed by atoms with Crippen molar-refractivity contribution in [2.45, 2.75) is 32.7 Å². The molecule has 0 aliphatic carbocycles. The summed E-state index contributed by atoms with van der Waals surface area (Å²) in [5.74, 6) is 0.706. The van der Waals surface area contributed by atoms with Crippen LogP contribution in [0.1, 0.15) is 31.9 Å². The van der Waals surface area contributed by atoms with Gasteiger partial charge in [0.2, 0.25) is 10.0 Å². The van der Waals surface area contributed by atoms with E-state index in [1.807, 2.05) is 35.7 Å². The molecular weight excluding hydrogens is 486 g/mol. The highest BCUT2D eigenvalue weighted by Crippen LogP contribution is 2.43. The minimum absolute atomic E-state index is 0.222. The molecule has 0 fully saturated rings. The van der Waals surface area contributed by atoms with Crippen LogP contribution in [0.25, 0.3) is 32.3 Å². The van der Waals surface area contributed by atoms with E-state index in [4.69, 9.17) is 4.74 Å². The maximum absolute atomic E-state index is 12.6. The molecule has 8 nitrogen and oxygen atoms in total. The molecule has 0 unspecified atom stereocenters. The van der Waals surface area contributed by atoms with Crippen molar-refractivity contribution in [3.63, 3.8) is 0 Å². The van der Waals surface area contributed by atoms with Gasteiger partial charge in [-0.3, -0.25) is 9.78 Å². The van der Waals surface area contributed by atoms with E-state index in [1.54, 1.807) is 7.11 Å². The lowest BCUT2D eigenvalue weighted by Crippen LogP contribution is -2.23. The Kier molecular flexibility index (Phi) is 6.48. The van der Waals surface area contributed by atoms with E-state index in [-0.39, 0.29) is 12.0 Å². The minimum Gasteiger partial charge on any atom is -0.496 e. The van der Waals surface area contributed by atoms with Crippen molar-refractivity contribution in [2.24, 2.45) is 0 Å². The highest BCUT2D eigenvalue weighted by atomic mass is 32.2. The summed E-state index contributed by atoms with van der Waals surface area (Å²) < 4.78 is 32.4. The molecule has 0 saturated heterocycles. The van der Waals surface area contributed by atoms with Crippen LogP contribution in [-0.4, -0.2) is 31.8 Å². The molecule has 0 radical (unpaired) electrons. The Morgan fingerprint density at radius 1 is 1.06 bits per heavy atom. The molecule has 0 aliphatic heterocycles. The topological polar surface area (TPSA) is 121 Å². The quantitative estimate of drug-likeness (QED) is 0.360. The molecule has 2 aromatic carbocycles. The Labute approximate surface area is 207 Å². The first-order valence-electron chi connectivity index (χ1n) is 10.9. The van der Waals surface area contributed by atoms with Gasteiger partial charge in [-0.05, 0) is 51.1 Å². The van der Waals surface area contributed by atoms with Crippen molar-refractivity contribution in [3.8, 4) is 28.0 Å². The lowest BCUT2D eigenvalue weighted by Gasteiger charge is -2.25. The molecule has 0 aliphatic rings. The number of H-pyrrole nitrogens is 2. The normalized spacial score (nSPS) is 12.3. The summed E-state index contributed by atoms with van der Waals surface area (Å²) >= 11 is 1.53. The lowest BCUT2D eigenvalue weighted by atomic mass is 9.82. The molecule has 184 valence electrons. The van der Waals surface area contributed by atoms with Crippen LogP contribution in [0.15, 0.2) is 51.5 Å². The van der Waals surface area contributed by atoms with E-state index in [0.29, 0.717) is 16.9 Å². The summed E-state index contributed by atoms with van der Waals surface area (Å²) in [6.45, 7) is 6.43. The number of ether oxygens (including phenoxy) is 1. The lowest BCUT2D eigenvalue weighted by molar-refractivity contribution is 0.399. The number of rotatable bonds is 6. The number of fused-ring (bicyclic) bond motifs is 1. The Hall–Kier alpha value is -3.21. The number of thiophene rings is 1. The molecule has 0 spiro atoms. The van der Waals surface area contributed by atoms with Gasteiger partial charge >= 0.3 is 5.69 Å². The number of nitrogens with one attached hydrogen (secondary N) is 3. The number of methoxy groups -OCH3 is 1. The molecule has 0 bridgehead atoms. The summed E-state index contributed by atoms with van der Waals surface area (Å²) in [5.41, 5.74) is 3.22. The van der Waals surface area contributed by atoms with Gasteiger partial charge in [-0.2, -0.15) is 0 Å². The second-order valence-corrected chi connectivity index (χ2v) is 12.1. The maximum Gasteiger partial charge on any atom is 0.325 e. The molecule has 2 aromatic heterocycles. The summed E-state index contributed by atoms with van der Waals surface area (Å²) in [5, 5.41) is 2.92. The van der Waals surface area contributed by atoms with Gasteiger partial charge in [0.05, 0.1) is 18.9 Å². The molecule has 0 amide bonds. The number of hydrogen-bond acceptors (Lipinski definition) is 6. The van der Waals surface area contributed by atoms with Gasteiger partial charge in [0.15, 0.2) is 0 Å². The van der Waals surface area contributed by atoms with Crippen LogP contribution in [0, 0.1) is 0 Å². The Morgan fingerprint density at radius 2 is 1.80 bits per heavy atom. The van der Waals surface area contributed by atoms with Gasteiger partial charge in [-0.15, -0.1) is 11.3 Å². The fourth-order valence-electron chi connectivity index (χ4n) is 4.00. The van der Waals surface area contributed by atoms with Crippen molar-refractivity contribution < 1.29 is 13.2 Å². The highest BCUT2D eigenvalue weighted by molar-refractivity contribution is 7.88. The van der Waals surface area contributed by atoms with Gasteiger partial charge in [-0.25, -0.2) is 17.9 Å². The van der Waals surface area contributed by atoms with Crippen molar-refractivity contribution in [1.82, 2.24) is 14.7 Å². The van der Waals surface area contributed by atoms with Crippen LogP contribution in [0.4, 0.5) is 0 Å². The number of aromatic nitrogens is 2. The van der Waals surface area contributed by atoms with Crippen LogP contribution in [0.5, 0.6) is 5.75 Å². The molecule has 0 atom stereocenters. The Balaban J connectivity index is 1.91. The van der Waals surface area contributed by atoms with Crippen molar-refractivity contribution >= 4 is 31.4 Å². The van der Waals surface area contributed by atoms with E-state index in [1.165, 1.54) is 17.5 Å². The molecule has 35 heavy (non-hydrogen) atoms. The predicted octanol–water partition coefficient (Wildman–Crippen LogP) is 3.97. The zero-order chi connectivity index (χ0) is 25.5. The summed E-state index contributed by atoms with van der Waals surface area (Å²) in [7, 11) is -1.67. The fourth-order valence-corrected chi connectivity index (χ4v) is 5.41. The largest absolute Gasteiger partial charge is 0.496 e. The Morgan fingerprint density at radius 3 is 2.43 bits per heavy atom. The zero-order valence-corrected chi connectivity index (χ0v) is 21.7. The smallest absolute Gasteiger partial charge is 0.325 e. The highest BCUT2D eigenvalue weighted by Gasteiger charge is 2.24. The predicted molar refractivity (Wildman–Crippen MR) is 141 cm³/mol. The SMILES string of the molecule is COc1c(-c2ccc3c(CNS(C)(=O)=O)csc3c2)cc(-c2c[nH]c(=O)[nH]c2=O)cc1C(C)(C)C. The maximum atomic E-state index is 12.6. The monoisotopic (exact) mass is 513 g/mol. The molecule has 4 aromatic rings. The van der Waals surface area contributed by atoms with E-state index >= 15 is 0 Å². The molecule has 4 rings (SSSR count). The number of aromatic amines is 2. The standard InChI is InChI=1S/C25H27N3O5S2/c1-25(2,3)20-9-15(19-12-26-24(30)28-23(19)29)8-18(22(20)33-4)14-6-7-17-16(11-27-35(5,31)32)13-34-21(17)10-14/h6-10,12-13,27H,11H2,1-5H3,(H2,26,28,29,30). The molecule has 3 N–H and O–H groups in total. The molecular formula is C25H27N3O5S2. The van der Waals surface area contributed by atoms with Gasteiger partial charge in [0.1, 0.15) is 5.75 Å². The summed E-state index contributed by atoms with van der Waals surface area (Å²) in [4.78, 5) is 28.9. The first-order valence-corrected chi connectivity index (χ1v) is 13.6. The third-order valence-corrected chi connectivity index (χ3v) is 7.39. The fraction of sp³-hybridized carbons (Fsp3) is 0.280. The van der Waals surface area contributed by atoms with Crippen LogP contribution < -0.4 is 20.7 Å². The van der Waals surface area contributed by atoms with Crippen LogP contribution in [0.2, 0.25) is 0 Å². The number of hydrogen-bond donors (Lipinski definition) is 3. The van der Waals surface area contributed by atoms with Crippen LogP contribution >= 0.6 is 11.3 Å². The summed E-state index contributed by atoms with van der Waals surface area (Å²) in [6, 6.07) is 9.77.